The fourth-order valence-corrected chi connectivity index (χ4v) is 6.35. The summed E-state index contributed by atoms with van der Waals surface area (Å²) in [6, 6.07) is -0.622. The Morgan fingerprint density at radius 3 is 1.48 bits per heavy atom. The minimum Gasteiger partial charge on any atom is -0.477 e. The molecule has 8 heteroatoms. The van der Waals surface area contributed by atoms with E-state index >= 15 is 0 Å². The van der Waals surface area contributed by atoms with Gasteiger partial charge in [-0.2, -0.15) is 0 Å². The van der Waals surface area contributed by atoms with Crippen LogP contribution in [-0.4, -0.2) is 80.6 Å². The standard InChI is InChI=1S/C48H83NO7/c1-6-8-10-12-14-16-18-20-22-23-25-27-29-31-33-35-37-39-47(51)56-44(42-54-41-40-45(48(52)53)49(3,4)5)43-55-46(50)38-36-34-32-30-28-26-24-21-19-17-15-13-11-9-7-2/h9,11,13,15,17,19,21,24,26,28,44-45H,6-8,10,12,14,16,18,20,22-23,25,27,29-43H2,1-5H3/p+1/b11-9+,15-13+,19-17+,24-21+,28-26+. The number of unbranched alkanes of at least 4 members (excludes halogenated alkanes) is 19. The van der Waals surface area contributed by atoms with Crippen molar-refractivity contribution in [3.05, 3.63) is 60.8 Å². The Labute approximate surface area is 343 Å². The van der Waals surface area contributed by atoms with Gasteiger partial charge in [0, 0.05) is 19.3 Å². The van der Waals surface area contributed by atoms with Crippen LogP contribution in [0, 0.1) is 0 Å². The van der Waals surface area contributed by atoms with Crippen molar-refractivity contribution < 1.29 is 38.2 Å². The maximum absolute atomic E-state index is 12.7. The number of carboxylic acids is 1. The normalized spacial score (nSPS) is 13.5. The summed E-state index contributed by atoms with van der Waals surface area (Å²) in [5.41, 5.74) is 0. The molecule has 0 bridgehead atoms. The predicted molar refractivity (Wildman–Crippen MR) is 234 cm³/mol. The van der Waals surface area contributed by atoms with Crippen LogP contribution in [0.3, 0.4) is 0 Å². The van der Waals surface area contributed by atoms with Gasteiger partial charge in [0.2, 0.25) is 0 Å². The van der Waals surface area contributed by atoms with Gasteiger partial charge in [0.05, 0.1) is 34.4 Å². The molecule has 2 atom stereocenters. The number of likely N-dealkylation sites (N-methyl/N-ethyl adjacent to an activating group) is 1. The second kappa shape index (κ2) is 38.9. The lowest BCUT2D eigenvalue weighted by molar-refractivity contribution is -0.887. The summed E-state index contributed by atoms with van der Waals surface area (Å²) in [7, 11) is 5.51. The molecule has 2 unspecified atom stereocenters. The molecule has 56 heavy (non-hydrogen) atoms. The average molecular weight is 787 g/mol. The fourth-order valence-electron chi connectivity index (χ4n) is 6.35. The molecule has 0 fully saturated rings. The molecule has 0 heterocycles. The molecule has 0 radical (unpaired) electrons. The van der Waals surface area contributed by atoms with Crippen molar-refractivity contribution in [2.24, 2.45) is 0 Å². The van der Waals surface area contributed by atoms with Gasteiger partial charge >= 0.3 is 17.9 Å². The highest BCUT2D eigenvalue weighted by Gasteiger charge is 2.31. The third-order valence-corrected chi connectivity index (χ3v) is 9.81. The Morgan fingerprint density at radius 1 is 0.554 bits per heavy atom. The number of carbonyl (C=O) groups is 3. The minimum absolute atomic E-state index is 0.0468. The second-order valence-electron chi connectivity index (χ2n) is 16.1. The maximum atomic E-state index is 12.7. The van der Waals surface area contributed by atoms with Crippen molar-refractivity contribution in [2.75, 3.05) is 41.0 Å². The van der Waals surface area contributed by atoms with E-state index in [0.717, 1.165) is 51.4 Å². The quantitative estimate of drug-likeness (QED) is 0.0287. The molecule has 0 saturated heterocycles. The maximum Gasteiger partial charge on any atom is 0.362 e. The van der Waals surface area contributed by atoms with Crippen molar-refractivity contribution in [3.8, 4) is 0 Å². The zero-order valence-corrected chi connectivity index (χ0v) is 36.6. The third kappa shape index (κ3) is 36.7. The number of hydrogen-bond donors (Lipinski definition) is 1. The summed E-state index contributed by atoms with van der Waals surface area (Å²) in [5.74, 6) is -1.52. The lowest BCUT2D eigenvalue weighted by Crippen LogP contribution is -2.50. The number of rotatable bonds is 39. The first-order chi connectivity index (χ1) is 27.1. The number of nitrogens with zero attached hydrogens (tertiary/aromatic N) is 1. The number of ether oxygens (including phenoxy) is 3. The van der Waals surface area contributed by atoms with Crippen molar-refractivity contribution in [2.45, 2.75) is 187 Å². The highest BCUT2D eigenvalue weighted by molar-refractivity contribution is 5.72. The summed E-state index contributed by atoms with van der Waals surface area (Å²) >= 11 is 0. The molecule has 322 valence electrons. The first-order valence-electron chi connectivity index (χ1n) is 22.4. The van der Waals surface area contributed by atoms with Crippen LogP contribution < -0.4 is 0 Å². The number of hydrogen-bond acceptors (Lipinski definition) is 6. The van der Waals surface area contributed by atoms with E-state index in [2.05, 4.69) is 26.0 Å². The van der Waals surface area contributed by atoms with E-state index in [4.69, 9.17) is 14.2 Å². The molecule has 0 aromatic carbocycles. The summed E-state index contributed by atoms with van der Waals surface area (Å²) < 4.78 is 17.2. The van der Waals surface area contributed by atoms with Crippen LogP contribution in [-0.2, 0) is 28.6 Å². The van der Waals surface area contributed by atoms with E-state index in [-0.39, 0.29) is 36.2 Å². The van der Waals surface area contributed by atoms with Gasteiger partial charge in [-0.05, 0) is 32.1 Å². The van der Waals surface area contributed by atoms with E-state index in [1.165, 1.54) is 89.9 Å². The molecule has 1 N–H and O–H groups in total. The Kier molecular flexibility index (Phi) is 36.8. The van der Waals surface area contributed by atoms with Gasteiger partial charge in [0.1, 0.15) is 6.61 Å². The van der Waals surface area contributed by atoms with Crippen LogP contribution in [0.15, 0.2) is 60.8 Å². The number of aliphatic carboxylic acids is 1. The van der Waals surface area contributed by atoms with Crippen molar-refractivity contribution in [3.63, 3.8) is 0 Å². The van der Waals surface area contributed by atoms with Gasteiger partial charge in [0.15, 0.2) is 12.1 Å². The van der Waals surface area contributed by atoms with Crippen molar-refractivity contribution in [1.29, 1.82) is 0 Å². The lowest BCUT2D eigenvalue weighted by atomic mass is 10.0. The first kappa shape index (κ1) is 53.0. The molecule has 0 spiro atoms. The van der Waals surface area contributed by atoms with Crippen LogP contribution in [0.25, 0.3) is 0 Å². The van der Waals surface area contributed by atoms with Crippen LogP contribution in [0.4, 0.5) is 0 Å². The highest BCUT2D eigenvalue weighted by atomic mass is 16.6. The fraction of sp³-hybridized carbons (Fsp3) is 0.729. The van der Waals surface area contributed by atoms with E-state index in [0.29, 0.717) is 19.3 Å². The number of carboxylic acid groups (broad SMARTS) is 1. The van der Waals surface area contributed by atoms with Crippen LogP contribution in [0.2, 0.25) is 0 Å². The third-order valence-electron chi connectivity index (χ3n) is 9.81. The molecule has 0 saturated carbocycles. The number of carbonyl (C=O) groups excluding carboxylic acids is 2. The summed E-state index contributed by atoms with van der Waals surface area (Å²) in [6.07, 6.45) is 46.9. The largest absolute Gasteiger partial charge is 0.477 e. The predicted octanol–water partition coefficient (Wildman–Crippen LogP) is 12.2. The smallest absolute Gasteiger partial charge is 0.362 e. The van der Waals surface area contributed by atoms with Gasteiger partial charge in [-0.15, -0.1) is 0 Å². The molecule has 0 aliphatic carbocycles. The Hall–Kier alpha value is -2.97. The summed E-state index contributed by atoms with van der Waals surface area (Å²) in [5, 5.41) is 9.62. The lowest BCUT2D eigenvalue weighted by Gasteiger charge is -2.31. The van der Waals surface area contributed by atoms with Gasteiger partial charge in [0.25, 0.3) is 0 Å². The Morgan fingerprint density at radius 2 is 1.00 bits per heavy atom. The van der Waals surface area contributed by atoms with Crippen LogP contribution >= 0.6 is 0 Å². The van der Waals surface area contributed by atoms with Crippen LogP contribution in [0.1, 0.15) is 174 Å². The zero-order chi connectivity index (χ0) is 41.4. The van der Waals surface area contributed by atoms with E-state index in [1.807, 2.05) is 69.8 Å². The molecule has 0 aromatic rings. The zero-order valence-electron chi connectivity index (χ0n) is 36.6. The SMILES string of the molecule is CC/C=C/C=C/C=C/C=C/C=C/CCCCCC(=O)OCC(COCCC(C(=O)O)[N+](C)(C)C)OC(=O)CCCCCCCCCCCCCCCCCCC. The van der Waals surface area contributed by atoms with Gasteiger partial charge in [-0.3, -0.25) is 9.59 Å². The Bertz CT molecular complexity index is 1100. The van der Waals surface area contributed by atoms with Crippen molar-refractivity contribution >= 4 is 17.9 Å². The topological polar surface area (TPSA) is 99.1 Å². The average Bonchev–Trinajstić information content (AvgIpc) is 3.15. The molecule has 0 amide bonds. The van der Waals surface area contributed by atoms with Gasteiger partial charge in [-0.1, -0.05) is 184 Å². The molecular formula is C48H84NO7+. The molecule has 0 aliphatic rings. The molecule has 0 rings (SSSR count). The van der Waals surface area contributed by atoms with Crippen molar-refractivity contribution in [1.82, 2.24) is 0 Å². The number of esters is 2. The van der Waals surface area contributed by atoms with E-state index in [1.54, 1.807) is 0 Å². The number of allylic oxidation sites excluding steroid dienone is 10. The molecule has 0 aliphatic heterocycles. The minimum atomic E-state index is -0.882. The monoisotopic (exact) mass is 787 g/mol. The van der Waals surface area contributed by atoms with E-state index in [9.17, 15) is 19.5 Å². The van der Waals surface area contributed by atoms with Gasteiger partial charge in [-0.25, -0.2) is 4.79 Å². The summed E-state index contributed by atoms with van der Waals surface area (Å²) in [4.78, 5) is 37.0. The first-order valence-corrected chi connectivity index (χ1v) is 22.4. The Balaban J connectivity index is 4.39. The van der Waals surface area contributed by atoms with Crippen LogP contribution in [0.5, 0.6) is 0 Å². The molecule has 8 nitrogen and oxygen atoms in total. The van der Waals surface area contributed by atoms with E-state index < -0.39 is 18.1 Å². The second-order valence-corrected chi connectivity index (χ2v) is 16.1. The molecule has 0 aromatic heterocycles. The highest BCUT2D eigenvalue weighted by Crippen LogP contribution is 2.15. The van der Waals surface area contributed by atoms with Gasteiger partial charge < -0.3 is 23.8 Å². The number of quaternary nitrogens is 1. The summed E-state index contributed by atoms with van der Waals surface area (Å²) in [6.45, 7) is 4.55. The molecular weight excluding hydrogens is 703 g/mol.